The fourth-order valence-electron chi connectivity index (χ4n) is 6.00. The highest BCUT2D eigenvalue weighted by molar-refractivity contribution is 6.01. The molecule has 25 heavy (non-hydrogen) atoms. The Bertz CT molecular complexity index is 693. The molecule has 1 amide bonds. The summed E-state index contributed by atoms with van der Waals surface area (Å²) in [6, 6.07) is 11.8. The quantitative estimate of drug-likeness (QED) is 0.659. The molecule has 4 aliphatic rings. The van der Waals surface area contributed by atoms with E-state index in [0.717, 1.165) is 23.3 Å². The van der Waals surface area contributed by atoms with Crippen LogP contribution in [0, 0.1) is 34.5 Å². The summed E-state index contributed by atoms with van der Waals surface area (Å²) >= 11 is 0. The van der Waals surface area contributed by atoms with Gasteiger partial charge >= 0.3 is 0 Å². The van der Waals surface area contributed by atoms with Gasteiger partial charge in [0.05, 0.1) is 0 Å². The van der Waals surface area contributed by atoms with E-state index in [4.69, 9.17) is 0 Å². The van der Waals surface area contributed by atoms with Crippen LogP contribution in [0.1, 0.15) is 51.0 Å². The first-order valence-corrected chi connectivity index (χ1v) is 9.56. The molecule has 0 spiro atoms. The average molecular weight is 334 g/mol. The number of nitriles is 1. The highest BCUT2D eigenvalue weighted by atomic mass is 16.1. The van der Waals surface area contributed by atoms with Gasteiger partial charge in [0.1, 0.15) is 11.6 Å². The van der Waals surface area contributed by atoms with E-state index in [9.17, 15) is 10.1 Å². The molecule has 1 aromatic carbocycles. The van der Waals surface area contributed by atoms with Crippen LogP contribution in [0.25, 0.3) is 6.08 Å². The predicted octanol–water partition coefficient (Wildman–Crippen LogP) is 4.31. The van der Waals surface area contributed by atoms with Gasteiger partial charge < -0.3 is 5.32 Å². The van der Waals surface area contributed by atoms with E-state index < -0.39 is 0 Å². The highest BCUT2D eigenvalue weighted by Gasteiger charge is 2.53. The lowest BCUT2D eigenvalue weighted by molar-refractivity contribution is -0.121. The monoisotopic (exact) mass is 334 g/mol. The van der Waals surface area contributed by atoms with Crippen LogP contribution in [0.5, 0.6) is 0 Å². The van der Waals surface area contributed by atoms with Crippen LogP contribution in [0.2, 0.25) is 0 Å². The number of hydrogen-bond donors (Lipinski definition) is 1. The molecule has 4 fully saturated rings. The Morgan fingerprint density at radius 3 is 2.24 bits per heavy atom. The summed E-state index contributed by atoms with van der Waals surface area (Å²) in [5.74, 6) is 2.36. The van der Waals surface area contributed by atoms with Crippen LogP contribution >= 0.6 is 0 Å². The van der Waals surface area contributed by atoms with Crippen molar-refractivity contribution >= 4 is 12.0 Å². The van der Waals surface area contributed by atoms with Crippen LogP contribution < -0.4 is 5.32 Å². The van der Waals surface area contributed by atoms with Crippen LogP contribution in [-0.2, 0) is 4.79 Å². The molecule has 3 heteroatoms. The van der Waals surface area contributed by atoms with Gasteiger partial charge in [-0.05, 0) is 80.3 Å². The zero-order valence-corrected chi connectivity index (χ0v) is 14.9. The van der Waals surface area contributed by atoms with Crippen molar-refractivity contribution in [3.63, 3.8) is 0 Å². The first kappa shape index (κ1) is 16.4. The Kier molecular flexibility index (Phi) is 4.15. The smallest absolute Gasteiger partial charge is 0.262 e. The molecule has 0 radical (unpaired) electrons. The third-order valence-corrected chi connectivity index (χ3v) is 6.83. The second kappa shape index (κ2) is 6.33. The SMILES string of the molecule is CC(NC(=O)/C(C#N)=C/c1ccccc1)C12CC3CC(CC(C3)C1)C2. The summed E-state index contributed by atoms with van der Waals surface area (Å²) < 4.78 is 0. The minimum absolute atomic E-state index is 0.140. The molecule has 1 N–H and O–H groups in total. The van der Waals surface area contributed by atoms with Gasteiger partial charge in [-0.2, -0.15) is 5.26 Å². The Hall–Kier alpha value is -2.08. The van der Waals surface area contributed by atoms with Crippen molar-refractivity contribution in [1.82, 2.24) is 5.32 Å². The number of carbonyl (C=O) groups excluding carboxylic acids is 1. The number of carbonyl (C=O) groups is 1. The van der Waals surface area contributed by atoms with E-state index >= 15 is 0 Å². The number of nitrogens with one attached hydrogen (secondary N) is 1. The number of rotatable bonds is 4. The Balaban J connectivity index is 1.49. The molecule has 5 rings (SSSR count). The molecule has 0 aromatic heterocycles. The normalized spacial score (nSPS) is 34.4. The maximum atomic E-state index is 12.7. The van der Waals surface area contributed by atoms with Crippen molar-refractivity contribution in [2.75, 3.05) is 0 Å². The molecule has 1 unspecified atom stereocenters. The fourth-order valence-corrected chi connectivity index (χ4v) is 6.00. The van der Waals surface area contributed by atoms with Crippen molar-refractivity contribution in [3.05, 3.63) is 41.5 Å². The lowest BCUT2D eigenvalue weighted by Crippen LogP contribution is -2.55. The van der Waals surface area contributed by atoms with Gasteiger partial charge in [-0.3, -0.25) is 4.79 Å². The van der Waals surface area contributed by atoms with Crippen molar-refractivity contribution in [3.8, 4) is 6.07 Å². The fraction of sp³-hybridized carbons (Fsp3) is 0.545. The second-order valence-corrected chi connectivity index (χ2v) is 8.56. The van der Waals surface area contributed by atoms with Gasteiger partial charge in [0.25, 0.3) is 5.91 Å². The number of amides is 1. The number of nitrogens with zero attached hydrogens (tertiary/aromatic N) is 1. The third-order valence-electron chi connectivity index (χ3n) is 6.83. The van der Waals surface area contributed by atoms with E-state index in [1.165, 1.54) is 38.5 Å². The highest BCUT2D eigenvalue weighted by Crippen LogP contribution is 2.61. The van der Waals surface area contributed by atoms with Gasteiger partial charge in [0.2, 0.25) is 0 Å². The van der Waals surface area contributed by atoms with E-state index in [1.807, 2.05) is 30.3 Å². The maximum absolute atomic E-state index is 12.7. The van der Waals surface area contributed by atoms with Crippen molar-refractivity contribution < 1.29 is 4.79 Å². The standard InChI is InChI=1S/C22H26N2O/c1-15(22-11-17-7-18(12-22)9-19(8-17)13-22)24-21(25)20(14-23)10-16-5-3-2-4-6-16/h2-6,10,15,17-19H,7-9,11-13H2,1H3,(H,24,25)/b20-10+. The van der Waals surface area contributed by atoms with E-state index in [0.29, 0.717) is 0 Å². The molecule has 4 saturated carbocycles. The van der Waals surface area contributed by atoms with Crippen molar-refractivity contribution in [2.45, 2.75) is 51.5 Å². The molecular weight excluding hydrogens is 308 g/mol. The molecular formula is C22H26N2O. The second-order valence-electron chi connectivity index (χ2n) is 8.56. The summed E-state index contributed by atoms with van der Waals surface area (Å²) in [6.45, 7) is 2.16. The molecule has 4 bridgehead atoms. The number of benzene rings is 1. The molecule has 130 valence electrons. The van der Waals surface area contributed by atoms with Crippen LogP contribution in [-0.4, -0.2) is 11.9 Å². The Morgan fingerprint density at radius 1 is 1.16 bits per heavy atom. The minimum Gasteiger partial charge on any atom is -0.348 e. The van der Waals surface area contributed by atoms with Crippen molar-refractivity contribution in [2.24, 2.45) is 23.2 Å². The molecule has 0 saturated heterocycles. The summed E-state index contributed by atoms with van der Waals surface area (Å²) in [5.41, 5.74) is 1.34. The average Bonchev–Trinajstić information content (AvgIpc) is 2.59. The van der Waals surface area contributed by atoms with Gasteiger partial charge in [-0.15, -0.1) is 0 Å². The van der Waals surface area contributed by atoms with Gasteiger partial charge in [0, 0.05) is 6.04 Å². The van der Waals surface area contributed by atoms with E-state index in [-0.39, 0.29) is 22.9 Å². The minimum atomic E-state index is -0.227. The third kappa shape index (κ3) is 3.11. The van der Waals surface area contributed by atoms with Crippen LogP contribution in [0.15, 0.2) is 35.9 Å². The number of hydrogen-bond acceptors (Lipinski definition) is 2. The van der Waals surface area contributed by atoms with Gasteiger partial charge in [-0.1, -0.05) is 30.3 Å². The Morgan fingerprint density at radius 2 is 1.72 bits per heavy atom. The van der Waals surface area contributed by atoms with Gasteiger partial charge in [-0.25, -0.2) is 0 Å². The largest absolute Gasteiger partial charge is 0.348 e. The summed E-state index contributed by atoms with van der Waals surface area (Å²) in [6.07, 6.45) is 9.65. The lowest BCUT2D eigenvalue weighted by atomic mass is 9.48. The topological polar surface area (TPSA) is 52.9 Å². The van der Waals surface area contributed by atoms with Gasteiger partial charge in [0.15, 0.2) is 0 Å². The summed E-state index contributed by atoms with van der Waals surface area (Å²) in [4.78, 5) is 12.7. The summed E-state index contributed by atoms with van der Waals surface area (Å²) in [7, 11) is 0. The van der Waals surface area contributed by atoms with Crippen LogP contribution in [0.4, 0.5) is 0 Å². The first-order chi connectivity index (χ1) is 12.1. The maximum Gasteiger partial charge on any atom is 0.262 e. The zero-order chi connectivity index (χ0) is 17.4. The van der Waals surface area contributed by atoms with E-state index in [2.05, 4.69) is 18.3 Å². The molecule has 0 heterocycles. The first-order valence-electron chi connectivity index (χ1n) is 9.56. The molecule has 3 nitrogen and oxygen atoms in total. The zero-order valence-electron chi connectivity index (χ0n) is 14.9. The molecule has 1 aromatic rings. The van der Waals surface area contributed by atoms with Crippen molar-refractivity contribution in [1.29, 1.82) is 5.26 Å². The molecule has 1 atom stereocenters. The van der Waals surface area contributed by atoms with E-state index in [1.54, 1.807) is 6.08 Å². The molecule has 0 aliphatic heterocycles. The lowest BCUT2D eigenvalue weighted by Gasteiger charge is -2.59. The summed E-state index contributed by atoms with van der Waals surface area (Å²) in [5, 5.41) is 12.6. The molecule has 4 aliphatic carbocycles. The Labute approximate surface area is 150 Å². The van der Waals surface area contributed by atoms with Crippen LogP contribution in [0.3, 0.4) is 0 Å². The predicted molar refractivity (Wildman–Crippen MR) is 98.2 cm³/mol.